The molecule has 162 valence electrons. The first-order chi connectivity index (χ1) is 15.5. The minimum absolute atomic E-state index is 0.191. The highest BCUT2D eigenvalue weighted by atomic mass is 79.9. The van der Waals surface area contributed by atoms with Gasteiger partial charge in [-0.2, -0.15) is 5.10 Å². The number of hydrazone groups is 1. The summed E-state index contributed by atoms with van der Waals surface area (Å²) < 4.78 is 6.07. The van der Waals surface area contributed by atoms with E-state index in [0.29, 0.717) is 17.0 Å². The Morgan fingerprint density at radius 1 is 0.875 bits per heavy atom. The Hall–Kier alpha value is -3.98. The molecule has 8 nitrogen and oxygen atoms in total. The van der Waals surface area contributed by atoms with Gasteiger partial charge in [-0.25, -0.2) is 5.43 Å². The summed E-state index contributed by atoms with van der Waals surface area (Å²) in [7, 11) is 1.52. The Balaban J connectivity index is 1.64. The summed E-state index contributed by atoms with van der Waals surface area (Å²) in [6.45, 7) is 0. The van der Waals surface area contributed by atoms with Crippen molar-refractivity contribution in [3.05, 3.63) is 88.4 Å². The number of para-hydroxylation sites is 2. The molecule has 9 heteroatoms. The first kappa shape index (κ1) is 22.7. The number of carbonyl (C=O) groups excluding carboxylic acids is 3. The number of halogens is 1. The molecule has 0 heterocycles. The number of nitrogens with zero attached hydrogens (tertiary/aromatic N) is 1. The van der Waals surface area contributed by atoms with Crippen molar-refractivity contribution in [3.8, 4) is 5.75 Å². The lowest BCUT2D eigenvalue weighted by Gasteiger charge is -2.11. The van der Waals surface area contributed by atoms with Crippen LogP contribution in [0.5, 0.6) is 5.75 Å². The van der Waals surface area contributed by atoms with E-state index in [-0.39, 0.29) is 11.3 Å². The zero-order valence-electron chi connectivity index (χ0n) is 17.0. The van der Waals surface area contributed by atoms with Gasteiger partial charge in [0.25, 0.3) is 5.91 Å². The van der Waals surface area contributed by atoms with Gasteiger partial charge < -0.3 is 15.4 Å². The van der Waals surface area contributed by atoms with Gasteiger partial charge in [-0.3, -0.25) is 14.4 Å². The van der Waals surface area contributed by atoms with Crippen LogP contribution < -0.4 is 20.8 Å². The molecule has 0 fully saturated rings. The van der Waals surface area contributed by atoms with Crippen molar-refractivity contribution in [1.82, 2.24) is 5.43 Å². The van der Waals surface area contributed by atoms with E-state index in [1.54, 1.807) is 66.7 Å². The fourth-order valence-electron chi connectivity index (χ4n) is 2.69. The second-order valence-corrected chi connectivity index (χ2v) is 7.32. The van der Waals surface area contributed by atoms with E-state index in [0.717, 1.165) is 4.47 Å². The van der Waals surface area contributed by atoms with Crippen LogP contribution in [0.25, 0.3) is 0 Å². The van der Waals surface area contributed by atoms with Crippen molar-refractivity contribution in [2.45, 2.75) is 0 Å². The summed E-state index contributed by atoms with van der Waals surface area (Å²) in [4.78, 5) is 37.1. The Bertz CT molecular complexity index is 1160. The summed E-state index contributed by atoms with van der Waals surface area (Å²) in [5.74, 6) is -1.82. The lowest BCUT2D eigenvalue weighted by Crippen LogP contribution is -2.33. The van der Waals surface area contributed by atoms with Crippen LogP contribution >= 0.6 is 15.9 Å². The van der Waals surface area contributed by atoms with Gasteiger partial charge in [0.15, 0.2) is 0 Å². The number of hydrogen-bond acceptors (Lipinski definition) is 5. The summed E-state index contributed by atoms with van der Waals surface area (Å²) in [5, 5.41) is 8.97. The molecular weight excluding hydrogens is 476 g/mol. The quantitative estimate of drug-likeness (QED) is 0.275. The van der Waals surface area contributed by atoms with Gasteiger partial charge in [-0.15, -0.1) is 0 Å². The summed E-state index contributed by atoms with van der Waals surface area (Å²) >= 11 is 3.33. The number of methoxy groups -OCH3 is 1. The van der Waals surface area contributed by atoms with E-state index in [4.69, 9.17) is 4.74 Å². The van der Waals surface area contributed by atoms with Crippen molar-refractivity contribution < 1.29 is 19.1 Å². The molecule has 3 rings (SSSR count). The van der Waals surface area contributed by atoms with Crippen LogP contribution in [0.3, 0.4) is 0 Å². The minimum Gasteiger partial charge on any atom is -0.496 e. The van der Waals surface area contributed by atoms with E-state index in [9.17, 15) is 14.4 Å². The maximum absolute atomic E-state index is 12.7. The monoisotopic (exact) mass is 494 g/mol. The van der Waals surface area contributed by atoms with Crippen molar-refractivity contribution in [2.75, 3.05) is 17.7 Å². The highest BCUT2D eigenvalue weighted by Crippen LogP contribution is 2.19. The topological polar surface area (TPSA) is 109 Å². The lowest BCUT2D eigenvalue weighted by atomic mass is 10.1. The molecule has 3 aromatic carbocycles. The van der Waals surface area contributed by atoms with Crippen LogP contribution in [0.15, 0.2) is 82.4 Å². The molecule has 0 aliphatic rings. The molecule has 0 saturated carbocycles. The van der Waals surface area contributed by atoms with Crippen molar-refractivity contribution in [2.24, 2.45) is 5.10 Å². The molecule has 3 N–H and O–H groups in total. The zero-order valence-corrected chi connectivity index (χ0v) is 18.5. The predicted molar refractivity (Wildman–Crippen MR) is 126 cm³/mol. The fourth-order valence-corrected chi connectivity index (χ4v) is 2.95. The number of carbonyl (C=O) groups is 3. The Kier molecular flexibility index (Phi) is 7.71. The Morgan fingerprint density at radius 3 is 2.31 bits per heavy atom. The third-order valence-corrected chi connectivity index (χ3v) is 4.77. The van der Waals surface area contributed by atoms with Crippen molar-refractivity contribution in [3.63, 3.8) is 0 Å². The highest BCUT2D eigenvalue weighted by molar-refractivity contribution is 9.10. The molecule has 3 amide bonds. The average molecular weight is 495 g/mol. The molecule has 32 heavy (non-hydrogen) atoms. The number of amides is 3. The summed E-state index contributed by atoms with van der Waals surface area (Å²) in [6.07, 6.45) is 1.36. The molecule has 0 aliphatic heterocycles. The van der Waals surface area contributed by atoms with Gasteiger partial charge in [0.05, 0.1) is 24.6 Å². The molecule has 0 radical (unpaired) electrons. The second kappa shape index (κ2) is 10.9. The largest absolute Gasteiger partial charge is 0.496 e. The van der Waals surface area contributed by atoms with Crippen LogP contribution in [0.2, 0.25) is 0 Å². The molecule has 0 saturated heterocycles. The van der Waals surface area contributed by atoms with Crippen LogP contribution in [-0.2, 0) is 9.59 Å². The van der Waals surface area contributed by atoms with E-state index < -0.39 is 17.7 Å². The van der Waals surface area contributed by atoms with Gasteiger partial charge in [-0.1, -0.05) is 40.2 Å². The summed E-state index contributed by atoms with van der Waals surface area (Å²) in [5.41, 5.74) is 3.76. The normalized spacial score (nSPS) is 10.4. The second-order valence-electron chi connectivity index (χ2n) is 6.40. The third-order valence-electron chi connectivity index (χ3n) is 4.24. The minimum atomic E-state index is -0.987. The van der Waals surface area contributed by atoms with E-state index in [1.165, 1.54) is 19.4 Å². The Morgan fingerprint density at radius 2 is 1.56 bits per heavy atom. The van der Waals surface area contributed by atoms with E-state index >= 15 is 0 Å². The van der Waals surface area contributed by atoms with E-state index in [2.05, 4.69) is 37.1 Å². The van der Waals surface area contributed by atoms with Crippen LogP contribution in [0.4, 0.5) is 11.4 Å². The number of ether oxygens (including phenoxy) is 1. The molecule has 0 bridgehead atoms. The zero-order chi connectivity index (χ0) is 22.9. The maximum atomic E-state index is 12.7. The molecule has 0 atom stereocenters. The number of nitrogens with one attached hydrogen (secondary N) is 3. The van der Waals surface area contributed by atoms with Gasteiger partial charge in [0.1, 0.15) is 5.75 Å². The van der Waals surface area contributed by atoms with Crippen LogP contribution in [0, 0.1) is 0 Å². The fraction of sp³-hybridized carbons (Fsp3) is 0.0435. The molecule has 0 aromatic heterocycles. The maximum Gasteiger partial charge on any atom is 0.329 e. The molecule has 3 aromatic rings. The first-order valence-corrected chi connectivity index (χ1v) is 10.2. The third kappa shape index (κ3) is 6.02. The molecular formula is C23H19BrN4O4. The van der Waals surface area contributed by atoms with Gasteiger partial charge in [0, 0.05) is 15.7 Å². The number of rotatable bonds is 6. The standard InChI is InChI=1S/C23H19BrN4O4/c1-32-20-9-5-2-6-15(20)14-25-28-23(31)22(30)27-19-8-4-3-7-18(19)21(29)26-17-12-10-16(24)11-13-17/h2-14H,1H3,(H,26,29)(H,27,30)(H,28,31)/b25-14+. The Labute approximate surface area is 192 Å². The number of anilines is 2. The number of hydrogen-bond donors (Lipinski definition) is 3. The highest BCUT2D eigenvalue weighted by Gasteiger charge is 2.17. The van der Waals surface area contributed by atoms with Crippen molar-refractivity contribution >= 4 is 51.2 Å². The first-order valence-electron chi connectivity index (χ1n) is 9.41. The summed E-state index contributed by atoms with van der Waals surface area (Å²) in [6, 6.07) is 20.5. The van der Waals surface area contributed by atoms with E-state index in [1.807, 2.05) is 0 Å². The van der Waals surface area contributed by atoms with Gasteiger partial charge >= 0.3 is 11.8 Å². The van der Waals surface area contributed by atoms with Gasteiger partial charge in [-0.05, 0) is 48.5 Å². The smallest absolute Gasteiger partial charge is 0.329 e. The van der Waals surface area contributed by atoms with Crippen LogP contribution in [0.1, 0.15) is 15.9 Å². The predicted octanol–water partition coefficient (Wildman–Crippen LogP) is 3.80. The average Bonchev–Trinajstić information content (AvgIpc) is 2.81. The lowest BCUT2D eigenvalue weighted by molar-refractivity contribution is -0.136. The van der Waals surface area contributed by atoms with Gasteiger partial charge in [0.2, 0.25) is 0 Å². The van der Waals surface area contributed by atoms with Crippen LogP contribution in [-0.4, -0.2) is 31.0 Å². The molecule has 0 aliphatic carbocycles. The number of benzene rings is 3. The molecule has 0 unspecified atom stereocenters. The van der Waals surface area contributed by atoms with Crippen molar-refractivity contribution in [1.29, 1.82) is 0 Å². The SMILES string of the molecule is COc1ccccc1/C=N/NC(=O)C(=O)Nc1ccccc1C(=O)Nc1ccc(Br)cc1. The molecule has 0 spiro atoms.